The lowest BCUT2D eigenvalue weighted by molar-refractivity contribution is 0.413. The van der Waals surface area contributed by atoms with Crippen molar-refractivity contribution in [1.82, 2.24) is 0 Å². The minimum Gasteiger partial charge on any atom is -0.497 e. The number of nitrogens with one attached hydrogen (secondary N) is 1. The van der Waals surface area contributed by atoms with E-state index in [1.807, 2.05) is 0 Å². The molecular weight excluding hydrogens is 380 g/mol. The van der Waals surface area contributed by atoms with Crippen LogP contribution < -0.4 is 20.1 Å². The van der Waals surface area contributed by atoms with Crippen LogP contribution in [0.15, 0.2) is 75.2 Å². The van der Waals surface area contributed by atoms with Crippen LogP contribution in [0, 0.1) is 0 Å². The van der Waals surface area contributed by atoms with Crippen LogP contribution >= 0.6 is 0 Å². The lowest BCUT2D eigenvalue weighted by Gasteiger charge is -2.29. The van der Waals surface area contributed by atoms with Crippen molar-refractivity contribution in [1.29, 1.82) is 0 Å². The Morgan fingerprint density at radius 3 is 2.71 bits per heavy atom. The molecular formula is C19H18N4O4S. The number of aliphatic imine (C=N–C) groups is 1. The van der Waals surface area contributed by atoms with Gasteiger partial charge in [-0.3, -0.25) is 4.72 Å². The zero-order valence-corrected chi connectivity index (χ0v) is 15.8. The Hall–Kier alpha value is -3.30. The molecule has 3 aromatic rings. The molecule has 1 unspecified atom stereocenters. The van der Waals surface area contributed by atoms with Gasteiger partial charge in [0.2, 0.25) is 5.88 Å². The minimum atomic E-state index is -3.73. The van der Waals surface area contributed by atoms with E-state index in [1.54, 1.807) is 60.0 Å². The molecule has 0 aliphatic carbocycles. The van der Waals surface area contributed by atoms with Crippen LogP contribution in [-0.2, 0) is 10.0 Å². The van der Waals surface area contributed by atoms with E-state index in [2.05, 4.69) is 9.71 Å². The monoisotopic (exact) mass is 398 g/mol. The van der Waals surface area contributed by atoms with E-state index in [4.69, 9.17) is 14.9 Å². The normalized spacial score (nSPS) is 15.9. The first-order chi connectivity index (χ1) is 13.5. The summed E-state index contributed by atoms with van der Waals surface area (Å²) in [6.45, 7) is 0. The number of hydrogen-bond acceptors (Lipinski definition) is 7. The van der Waals surface area contributed by atoms with E-state index in [0.29, 0.717) is 17.3 Å². The van der Waals surface area contributed by atoms with Crippen LogP contribution in [0.1, 0.15) is 11.7 Å². The Bertz CT molecular complexity index is 1120. The number of nitrogens with two attached hydrogens (primary N) is 1. The number of furan rings is 1. The summed E-state index contributed by atoms with van der Waals surface area (Å²) in [5.41, 5.74) is 8.24. The molecule has 0 amide bonds. The highest BCUT2D eigenvalue weighted by atomic mass is 32.2. The molecule has 0 bridgehead atoms. The van der Waals surface area contributed by atoms with Crippen LogP contribution in [0.25, 0.3) is 0 Å². The number of rotatable bonds is 5. The number of anilines is 2. The topological polar surface area (TPSA) is 110 Å². The molecule has 0 saturated carbocycles. The van der Waals surface area contributed by atoms with Gasteiger partial charge in [-0.15, -0.1) is 0 Å². The van der Waals surface area contributed by atoms with E-state index in [0.717, 1.165) is 11.3 Å². The number of ether oxygens (including phenoxy) is 1. The van der Waals surface area contributed by atoms with Crippen molar-refractivity contribution < 1.29 is 17.6 Å². The first kappa shape index (κ1) is 18.1. The standard InChI is InChI=1S/C19H18N4O4S/c1-26-15-3-2-4-16(11-15)28(24,25)22-13-5-7-14(8-6-13)23-12-21-19-17(18(23)20)9-10-27-19/h2-12,18,22H,20H2,1H3. The van der Waals surface area contributed by atoms with E-state index in [9.17, 15) is 8.42 Å². The maximum absolute atomic E-state index is 12.6. The Labute approximate surface area is 162 Å². The number of hydrogen-bond donors (Lipinski definition) is 2. The van der Waals surface area contributed by atoms with Crippen molar-refractivity contribution >= 4 is 33.6 Å². The van der Waals surface area contributed by atoms with Crippen LogP contribution in [-0.4, -0.2) is 21.9 Å². The summed E-state index contributed by atoms with van der Waals surface area (Å²) in [5, 5.41) is 0. The lowest BCUT2D eigenvalue weighted by Crippen LogP contribution is -2.35. The fourth-order valence-electron chi connectivity index (χ4n) is 2.89. The predicted molar refractivity (Wildman–Crippen MR) is 107 cm³/mol. The molecule has 1 aliphatic heterocycles. The molecule has 1 aromatic heterocycles. The molecule has 8 nitrogen and oxygen atoms in total. The molecule has 0 saturated heterocycles. The third-order valence-electron chi connectivity index (χ3n) is 4.36. The highest BCUT2D eigenvalue weighted by molar-refractivity contribution is 7.92. The maximum atomic E-state index is 12.6. The van der Waals surface area contributed by atoms with Gasteiger partial charge >= 0.3 is 0 Å². The fraction of sp³-hybridized carbons (Fsp3) is 0.105. The average Bonchev–Trinajstić information content (AvgIpc) is 3.19. The second kappa shape index (κ2) is 7.02. The summed E-state index contributed by atoms with van der Waals surface area (Å²) in [6.07, 6.45) is 2.69. The van der Waals surface area contributed by atoms with Gasteiger partial charge in [-0.2, -0.15) is 0 Å². The number of sulfonamides is 1. The second-order valence-electron chi connectivity index (χ2n) is 6.11. The summed E-state index contributed by atoms with van der Waals surface area (Å²) in [7, 11) is -2.25. The second-order valence-corrected chi connectivity index (χ2v) is 7.79. The average molecular weight is 398 g/mol. The van der Waals surface area contributed by atoms with Crippen molar-refractivity contribution in [3.05, 3.63) is 66.4 Å². The third kappa shape index (κ3) is 3.32. The number of nitrogens with zero attached hydrogens (tertiary/aromatic N) is 2. The zero-order chi connectivity index (χ0) is 19.7. The Morgan fingerprint density at radius 2 is 1.96 bits per heavy atom. The minimum absolute atomic E-state index is 0.119. The molecule has 0 spiro atoms. The Morgan fingerprint density at radius 1 is 1.18 bits per heavy atom. The van der Waals surface area contributed by atoms with Crippen LogP contribution in [0.3, 0.4) is 0 Å². The summed E-state index contributed by atoms with van der Waals surface area (Å²) >= 11 is 0. The van der Waals surface area contributed by atoms with E-state index in [-0.39, 0.29) is 4.90 Å². The molecule has 0 fully saturated rings. The SMILES string of the molecule is COc1cccc(S(=O)(=O)Nc2ccc(N3C=Nc4occc4C3N)cc2)c1. The molecule has 2 aromatic carbocycles. The van der Waals surface area contributed by atoms with Gasteiger partial charge in [0.05, 0.1) is 23.8 Å². The number of benzene rings is 2. The largest absolute Gasteiger partial charge is 0.497 e. The lowest BCUT2D eigenvalue weighted by atomic mass is 10.2. The molecule has 4 rings (SSSR count). The molecule has 9 heteroatoms. The molecule has 3 N–H and O–H groups in total. The van der Waals surface area contributed by atoms with Crippen molar-refractivity contribution in [2.45, 2.75) is 11.1 Å². The van der Waals surface area contributed by atoms with Crippen molar-refractivity contribution in [2.75, 3.05) is 16.7 Å². The van der Waals surface area contributed by atoms with E-state index < -0.39 is 16.2 Å². The molecule has 144 valence electrons. The highest BCUT2D eigenvalue weighted by Gasteiger charge is 2.24. The molecule has 1 aliphatic rings. The number of methoxy groups -OCH3 is 1. The van der Waals surface area contributed by atoms with Gasteiger partial charge in [0, 0.05) is 17.4 Å². The quantitative estimate of drug-likeness (QED) is 0.683. The smallest absolute Gasteiger partial charge is 0.262 e. The van der Waals surface area contributed by atoms with Gasteiger partial charge < -0.3 is 19.8 Å². The molecule has 0 radical (unpaired) electrons. The summed E-state index contributed by atoms with van der Waals surface area (Å²) in [6, 6.07) is 14.9. The molecule has 1 atom stereocenters. The van der Waals surface area contributed by atoms with E-state index in [1.165, 1.54) is 19.2 Å². The van der Waals surface area contributed by atoms with Gasteiger partial charge in [0.1, 0.15) is 18.3 Å². The maximum Gasteiger partial charge on any atom is 0.262 e. The number of fused-ring (bicyclic) bond motifs is 1. The third-order valence-corrected chi connectivity index (χ3v) is 5.74. The summed E-state index contributed by atoms with van der Waals surface area (Å²) in [4.78, 5) is 6.13. The van der Waals surface area contributed by atoms with Gasteiger partial charge in [0.25, 0.3) is 10.0 Å². The van der Waals surface area contributed by atoms with Crippen LogP contribution in [0.5, 0.6) is 5.75 Å². The van der Waals surface area contributed by atoms with Crippen LogP contribution in [0.4, 0.5) is 17.3 Å². The van der Waals surface area contributed by atoms with Crippen LogP contribution in [0.2, 0.25) is 0 Å². The molecule has 2 heterocycles. The van der Waals surface area contributed by atoms with Gasteiger partial charge in [-0.05, 0) is 42.5 Å². The Kier molecular flexibility index (Phi) is 4.54. The first-order valence-electron chi connectivity index (χ1n) is 8.40. The van der Waals surface area contributed by atoms with Gasteiger partial charge in [-0.25, -0.2) is 13.4 Å². The first-order valence-corrected chi connectivity index (χ1v) is 9.89. The van der Waals surface area contributed by atoms with Crippen molar-refractivity contribution in [2.24, 2.45) is 10.7 Å². The summed E-state index contributed by atoms with van der Waals surface area (Å²) < 4.78 is 38.1. The van der Waals surface area contributed by atoms with Crippen molar-refractivity contribution in [3.8, 4) is 5.75 Å². The van der Waals surface area contributed by atoms with Crippen molar-refractivity contribution in [3.63, 3.8) is 0 Å². The fourth-order valence-corrected chi connectivity index (χ4v) is 3.98. The summed E-state index contributed by atoms with van der Waals surface area (Å²) in [5.74, 6) is 0.960. The van der Waals surface area contributed by atoms with Gasteiger partial charge in [0.15, 0.2) is 0 Å². The highest BCUT2D eigenvalue weighted by Crippen LogP contribution is 2.34. The molecule has 28 heavy (non-hydrogen) atoms. The zero-order valence-electron chi connectivity index (χ0n) is 14.9. The van der Waals surface area contributed by atoms with E-state index >= 15 is 0 Å². The predicted octanol–water partition coefficient (Wildman–Crippen LogP) is 3.23. The van der Waals surface area contributed by atoms with Gasteiger partial charge in [-0.1, -0.05) is 6.07 Å². The Balaban J connectivity index is 1.54.